The van der Waals surface area contributed by atoms with Crippen molar-refractivity contribution in [3.05, 3.63) is 48.4 Å². The Labute approximate surface area is 134 Å². The van der Waals surface area contributed by atoms with Crippen LogP contribution in [0.5, 0.6) is 0 Å². The first-order valence-electron chi connectivity index (χ1n) is 7.66. The highest BCUT2D eigenvalue weighted by molar-refractivity contribution is 5.98. The van der Waals surface area contributed by atoms with Crippen molar-refractivity contribution in [2.75, 3.05) is 23.3 Å². The van der Waals surface area contributed by atoms with Crippen LogP contribution in [0.15, 0.2) is 47.1 Å². The van der Waals surface area contributed by atoms with Crippen LogP contribution in [0.2, 0.25) is 0 Å². The minimum atomic E-state index is -0.135. The molecule has 1 aliphatic rings. The third-order valence-electron chi connectivity index (χ3n) is 3.75. The molecular formula is C17H19N3O3. The lowest BCUT2D eigenvalue weighted by Crippen LogP contribution is -2.30. The van der Waals surface area contributed by atoms with Crippen molar-refractivity contribution in [1.82, 2.24) is 5.32 Å². The maximum absolute atomic E-state index is 11.9. The Morgan fingerprint density at radius 3 is 2.83 bits per heavy atom. The van der Waals surface area contributed by atoms with Crippen molar-refractivity contribution >= 4 is 23.2 Å². The first-order valence-corrected chi connectivity index (χ1v) is 7.66. The molecule has 0 radical (unpaired) electrons. The maximum atomic E-state index is 11.9. The molecule has 1 saturated heterocycles. The number of furan rings is 1. The number of nitrogens with one attached hydrogen (secondary N) is 2. The van der Waals surface area contributed by atoms with Crippen LogP contribution in [-0.2, 0) is 16.1 Å². The van der Waals surface area contributed by atoms with Crippen molar-refractivity contribution < 1.29 is 14.0 Å². The normalized spacial score (nSPS) is 14.1. The molecule has 0 atom stereocenters. The first kappa shape index (κ1) is 15.1. The smallest absolute Gasteiger partial charge is 0.239 e. The van der Waals surface area contributed by atoms with Gasteiger partial charge >= 0.3 is 0 Å². The fourth-order valence-corrected chi connectivity index (χ4v) is 2.60. The number of rotatable bonds is 6. The average molecular weight is 313 g/mol. The molecule has 0 bridgehead atoms. The van der Waals surface area contributed by atoms with Gasteiger partial charge in [-0.1, -0.05) is 12.1 Å². The number of hydrogen-bond donors (Lipinski definition) is 2. The van der Waals surface area contributed by atoms with E-state index in [9.17, 15) is 9.59 Å². The van der Waals surface area contributed by atoms with Crippen LogP contribution in [0.3, 0.4) is 0 Å². The summed E-state index contributed by atoms with van der Waals surface area (Å²) in [6.07, 6.45) is 3.03. The third-order valence-corrected chi connectivity index (χ3v) is 3.75. The first-order chi connectivity index (χ1) is 11.2. The lowest BCUT2D eigenvalue weighted by molar-refractivity contribution is -0.119. The molecule has 1 aliphatic heterocycles. The van der Waals surface area contributed by atoms with Gasteiger partial charge in [-0.3, -0.25) is 9.59 Å². The zero-order valence-electron chi connectivity index (χ0n) is 12.7. The van der Waals surface area contributed by atoms with Crippen molar-refractivity contribution in [3.8, 4) is 0 Å². The second-order valence-corrected chi connectivity index (χ2v) is 5.38. The predicted molar refractivity (Wildman–Crippen MR) is 87.1 cm³/mol. The molecule has 1 aromatic carbocycles. The Kier molecular flexibility index (Phi) is 4.61. The highest BCUT2D eigenvalue weighted by Crippen LogP contribution is 2.29. The number of para-hydroxylation sites is 2. The minimum absolute atomic E-state index is 0.126. The van der Waals surface area contributed by atoms with Gasteiger partial charge < -0.3 is 20.0 Å². The van der Waals surface area contributed by atoms with E-state index >= 15 is 0 Å². The summed E-state index contributed by atoms with van der Waals surface area (Å²) in [6, 6.07) is 11.1. The summed E-state index contributed by atoms with van der Waals surface area (Å²) in [5.41, 5.74) is 1.62. The van der Waals surface area contributed by atoms with E-state index in [2.05, 4.69) is 10.6 Å². The molecule has 0 spiro atoms. The summed E-state index contributed by atoms with van der Waals surface area (Å²) in [7, 11) is 0. The molecule has 0 saturated carbocycles. The zero-order chi connectivity index (χ0) is 16.1. The second-order valence-electron chi connectivity index (χ2n) is 5.38. The molecule has 0 aliphatic carbocycles. The van der Waals surface area contributed by atoms with Crippen LogP contribution in [-0.4, -0.2) is 24.9 Å². The summed E-state index contributed by atoms with van der Waals surface area (Å²) in [5.74, 6) is 0.701. The van der Waals surface area contributed by atoms with Crippen LogP contribution < -0.4 is 15.5 Å². The number of carbonyl (C=O) groups excluding carboxylic acids is 2. The van der Waals surface area contributed by atoms with Crippen LogP contribution >= 0.6 is 0 Å². The highest BCUT2D eigenvalue weighted by atomic mass is 16.3. The summed E-state index contributed by atoms with van der Waals surface area (Å²) in [6.45, 7) is 1.22. The van der Waals surface area contributed by atoms with Gasteiger partial charge in [-0.2, -0.15) is 0 Å². The van der Waals surface area contributed by atoms with Crippen molar-refractivity contribution in [3.63, 3.8) is 0 Å². The van der Waals surface area contributed by atoms with E-state index in [4.69, 9.17) is 4.42 Å². The maximum Gasteiger partial charge on any atom is 0.239 e. The Bertz CT molecular complexity index is 682. The van der Waals surface area contributed by atoms with Gasteiger partial charge in [0.15, 0.2) is 0 Å². The molecular weight excluding hydrogens is 294 g/mol. The number of anilines is 2. The highest BCUT2D eigenvalue weighted by Gasteiger charge is 2.23. The van der Waals surface area contributed by atoms with Crippen LogP contribution in [0, 0.1) is 0 Å². The molecule has 1 aromatic heterocycles. The van der Waals surface area contributed by atoms with E-state index in [0.717, 1.165) is 24.3 Å². The van der Waals surface area contributed by atoms with Gasteiger partial charge in [0.25, 0.3) is 0 Å². The number of benzene rings is 1. The SMILES string of the molecule is O=C(CNc1ccccc1N1CCCC1=O)NCc1ccco1. The third kappa shape index (κ3) is 3.71. The molecule has 6 heteroatoms. The number of nitrogens with zero attached hydrogens (tertiary/aromatic N) is 1. The lowest BCUT2D eigenvalue weighted by Gasteiger charge is -2.20. The van der Waals surface area contributed by atoms with Gasteiger partial charge in [-0.15, -0.1) is 0 Å². The molecule has 2 N–H and O–H groups in total. The number of hydrogen-bond acceptors (Lipinski definition) is 4. The molecule has 23 heavy (non-hydrogen) atoms. The largest absolute Gasteiger partial charge is 0.467 e. The lowest BCUT2D eigenvalue weighted by atomic mass is 10.2. The topological polar surface area (TPSA) is 74.6 Å². The molecule has 120 valence electrons. The summed E-state index contributed by atoms with van der Waals surface area (Å²) in [5, 5.41) is 5.88. The molecule has 0 unspecified atom stereocenters. The van der Waals surface area contributed by atoms with Crippen molar-refractivity contribution in [2.45, 2.75) is 19.4 Å². The Morgan fingerprint density at radius 2 is 2.09 bits per heavy atom. The fourth-order valence-electron chi connectivity index (χ4n) is 2.60. The van der Waals surface area contributed by atoms with E-state index < -0.39 is 0 Å². The zero-order valence-corrected chi connectivity index (χ0v) is 12.7. The summed E-state index contributed by atoms with van der Waals surface area (Å²) in [4.78, 5) is 25.6. The Hall–Kier alpha value is -2.76. The van der Waals surface area contributed by atoms with Crippen molar-refractivity contribution in [1.29, 1.82) is 0 Å². The van der Waals surface area contributed by atoms with Crippen LogP contribution in [0.1, 0.15) is 18.6 Å². The van der Waals surface area contributed by atoms with E-state index in [0.29, 0.717) is 18.7 Å². The van der Waals surface area contributed by atoms with Crippen molar-refractivity contribution in [2.24, 2.45) is 0 Å². The molecule has 2 heterocycles. The molecule has 6 nitrogen and oxygen atoms in total. The van der Waals surface area contributed by atoms with Gasteiger partial charge in [0, 0.05) is 13.0 Å². The van der Waals surface area contributed by atoms with E-state index in [1.807, 2.05) is 30.3 Å². The predicted octanol–water partition coefficient (Wildman–Crippen LogP) is 2.13. The van der Waals surface area contributed by atoms with E-state index in [1.165, 1.54) is 0 Å². The van der Waals surface area contributed by atoms with E-state index in [1.54, 1.807) is 17.2 Å². The summed E-state index contributed by atoms with van der Waals surface area (Å²) >= 11 is 0. The van der Waals surface area contributed by atoms with Gasteiger partial charge in [0.1, 0.15) is 5.76 Å². The fraction of sp³-hybridized carbons (Fsp3) is 0.294. The average Bonchev–Trinajstić information content (AvgIpc) is 3.22. The quantitative estimate of drug-likeness (QED) is 0.857. The Balaban J connectivity index is 1.57. The standard InChI is InChI=1S/C17H19N3O3/c21-16(19-11-13-5-4-10-23-13)12-18-14-6-1-2-7-15(14)20-9-3-8-17(20)22/h1-2,4-7,10,18H,3,8-9,11-12H2,(H,19,21). The molecule has 2 aromatic rings. The number of carbonyl (C=O) groups is 2. The van der Waals surface area contributed by atoms with E-state index in [-0.39, 0.29) is 18.4 Å². The molecule has 3 rings (SSSR count). The van der Waals surface area contributed by atoms with Gasteiger partial charge in [0.2, 0.25) is 11.8 Å². The molecule has 1 fully saturated rings. The minimum Gasteiger partial charge on any atom is -0.467 e. The number of amides is 2. The van der Waals surface area contributed by atoms with Gasteiger partial charge in [-0.05, 0) is 30.7 Å². The van der Waals surface area contributed by atoms with Gasteiger partial charge in [0.05, 0.1) is 30.7 Å². The Morgan fingerprint density at radius 1 is 1.22 bits per heavy atom. The van der Waals surface area contributed by atoms with Crippen LogP contribution in [0.25, 0.3) is 0 Å². The monoisotopic (exact) mass is 313 g/mol. The summed E-state index contributed by atoms with van der Waals surface area (Å²) < 4.78 is 5.17. The van der Waals surface area contributed by atoms with Gasteiger partial charge in [-0.25, -0.2) is 0 Å². The second kappa shape index (κ2) is 7.00. The molecule has 2 amide bonds. The van der Waals surface area contributed by atoms with Crippen LogP contribution in [0.4, 0.5) is 11.4 Å².